The Hall–Kier alpha value is -1.33. The van der Waals surface area contributed by atoms with Crippen LogP contribution in [0.15, 0.2) is 53.3 Å². The molecule has 0 fully saturated rings. The second kappa shape index (κ2) is 8.07. The van der Waals surface area contributed by atoms with Crippen LogP contribution >= 0.6 is 27.7 Å². The van der Waals surface area contributed by atoms with E-state index in [1.54, 1.807) is 24.2 Å². The number of hydrogen-bond donors (Lipinski definition) is 1. The van der Waals surface area contributed by atoms with Crippen LogP contribution in [0.25, 0.3) is 0 Å². The number of carbonyl (C=O) groups is 1. The van der Waals surface area contributed by atoms with Gasteiger partial charge in [0.25, 0.3) is 0 Å². The second-order valence-electron chi connectivity index (χ2n) is 4.22. The summed E-state index contributed by atoms with van der Waals surface area (Å²) in [5.41, 5.74) is 2.27. The Bertz CT molecular complexity index is 563. The maximum absolute atomic E-state index is 11.7. The number of carbonyl (C=O) groups excluding carboxylic acids is 1. The maximum atomic E-state index is 11.7. The van der Waals surface area contributed by atoms with Crippen molar-refractivity contribution in [3.05, 3.63) is 64.4 Å². The first-order valence-electron chi connectivity index (χ1n) is 6.22. The van der Waals surface area contributed by atoms with E-state index in [4.69, 9.17) is 0 Å². The van der Waals surface area contributed by atoms with Crippen molar-refractivity contribution in [3.8, 4) is 0 Å². The lowest BCUT2D eigenvalue weighted by Gasteiger charge is -2.06. The first kappa shape index (κ1) is 15.1. The quantitative estimate of drug-likeness (QED) is 0.867. The van der Waals surface area contributed by atoms with Gasteiger partial charge in [0.15, 0.2) is 0 Å². The smallest absolute Gasteiger partial charge is 0.230 e. The predicted molar refractivity (Wildman–Crippen MR) is 86.4 cm³/mol. The summed E-state index contributed by atoms with van der Waals surface area (Å²) in [4.78, 5) is 15.7. The number of aromatic nitrogens is 1. The second-order valence-corrected chi connectivity index (χ2v) is 6.06. The average molecular weight is 351 g/mol. The van der Waals surface area contributed by atoms with Crippen LogP contribution in [-0.2, 0) is 17.1 Å². The highest BCUT2D eigenvalue weighted by Crippen LogP contribution is 2.21. The number of benzene rings is 1. The predicted octanol–water partition coefficient (Wildman–Crippen LogP) is 3.39. The molecule has 0 bridgehead atoms. The Morgan fingerprint density at radius 3 is 2.70 bits per heavy atom. The lowest BCUT2D eigenvalue weighted by atomic mass is 10.2. The Morgan fingerprint density at radius 1 is 1.20 bits per heavy atom. The van der Waals surface area contributed by atoms with Crippen LogP contribution in [0.2, 0.25) is 0 Å². The first-order chi connectivity index (χ1) is 9.75. The average Bonchev–Trinajstić information content (AvgIpc) is 2.48. The Labute approximate surface area is 131 Å². The minimum Gasteiger partial charge on any atom is -0.351 e. The highest BCUT2D eigenvalue weighted by atomic mass is 79.9. The standard InChI is InChI=1S/C15H15BrN2OS/c16-14-4-2-1-3-13(14)10-20-11-15(19)18-9-12-5-7-17-8-6-12/h1-8H,9-11H2,(H,18,19). The van der Waals surface area contributed by atoms with Crippen molar-refractivity contribution < 1.29 is 4.79 Å². The van der Waals surface area contributed by atoms with Crippen molar-refractivity contribution in [2.24, 2.45) is 0 Å². The minimum atomic E-state index is 0.0545. The van der Waals surface area contributed by atoms with Crippen molar-refractivity contribution in [2.75, 3.05) is 5.75 Å². The fourth-order valence-electron chi connectivity index (χ4n) is 1.62. The van der Waals surface area contributed by atoms with E-state index in [2.05, 4.69) is 32.3 Å². The molecule has 2 rings (SSSR count). The molecule has 5 heteroatoms. The van der Waals surface area contributed by atoms with E-state index < -0.39 is 0 Å². The molecule has 1 heterocycles. The van der Waals surface area contributed by atoms with Gasteiger partial charge < -0.3 is 5.32 Å². The Morgan fingerprint density at radius 2 is 1.95 bits per heavy atom. The van der Waals surface area contributed by atoms with Crippen LogP contribution in [-0.4, -0.2) is 16.6 Å². The minimum absolute atomic E-state index is 0.0545. The highest BCUT2D eigenvalue weighted by Gasteiger charge is 2.03. The number of hydrogen-bond acceptors (Lipinski definition) is 3. The molecule has 1 aromatic heterocycles. The van der Waals surface area contributed by atoms with E-state index in [0.29, 0.717) is 12.3 Å². The summed E-state index contributed by atoms with van der Waals surface area (Å²) in [6, 6.07) is 11.9. The molecule has 2 aromatic rings. The topological polar surface area (TPSA) is 42.0 Å². The Kier molecular flexibility index (Phi) is 6.08. The van der Waals surface area contributed by atoms with Gasteiger partial charge in [-0.1, -0.05) is 34.1 Å². The van der Waals surface area contributed by atoms with Gasteiger partial charge in [-0.15, -0.1) is 11.8 Å². The van der Waals surface area contributed by atoms with E-state index in [0.717, 1.165) is 15.8 Å². The molecular formula is C15H15BrN2OS. The van der Waals surface area contributed by atoms with Crippen LogP contribution in [0.4, 0.5) is 0 Å². The molecule has 0 unspecified atom stereocenters. The van der Waals surface area contributed by atoms with E-state index in [-0.39, 0.29) is 5.91 Å². The summed E-state index contributed by atoms with van der Waals surface area (Å²) < 4.78 is 1.09. The maximum Gasteiger partial charge on any atom is 0.230 e. The van der Waals surface area contributed by atoms with Gasteiger partial charge in [-0.25, -0.2) is 0 Å². The molecule has 0 aliphatic carbocycles. The summed E-state index contributed by atoms with van der Waals surface area (Å²) in [5.74, 6) is 1.34. The fourth-order valence-corrected chi connectivity index (χ4v) is 3.09. The van der Waals surface area contributed by atoms with Crippen LogP contribution in [0, 0.1) is 0 Å². The van der Waals surface area contributed by atoms with Crippen LogP contribution in [0.1, 0.15) is 11.1 Å². The van der Waals surface area contributed by atoms with E-state index in [1.165, 1.54) is 5.56 Å². The molecule has 1 amide bonds. The first-order valence-corrected chi connectivity index (χ1v) is 8.17. The number of pyridine rings is 1. The number of nitrogens with zero attached hydrogens (tertiary/aromatic N) is 1. The van der Waals surface area contributed by atoms with Gasteiger partial charge in [-0.3, -0.25) is 9.78 Å². The zero-order valence-electron chi connectivity index (χ0n) is 10.9. The van der Waals surface area contributed by atoms with Crippen LogP contribution < -0.4 is 5.32 Å². The van der Waals surface area contributed by atoms with Crippen molar-refractivity contribution in [1.29, 1.82) is 0 Å². The van der Waals surface area contributed by atoms with Crippen LogP contribution in [0.5, 0.6) is 0 Å². The zero-order chi connectivity index (χ0) is 14.2. The van der Waals surface area contributed by atoms with Gasteiger partial charge in [-0.2, -0.15) is 0 Å². The molecule has 0 spiro atoms. The molecule has 1 aromatic carbocycles. The molecule has 0 saturated carbocycles. The molecule has 20 heavy (non-hydrogen) atoms. The Balaban J connectivity index is 1.69. The summed E-state index contributed by atoms with van der Waals surface area (Å²) in [6.45, 7) is 0.553. The van der Waals surface area contributed by atoms with Crippen molar-refractivity contribution in [1.82, 2.24) is 10.3 Å². The van der Waals surface area contributed by atoms with Crippen molar-refractivity contribution in [3.63, 3.8) is 0 Å². The largest absolute Gasteiger partial charge is 0.351 e. The van der Waals surface area contributed by atoms with E-state index in [1.807, 2.05) is 30.3 Å². The molecule has 104 valence electrons. The fraction of sp³-hybridized carbons (Fsp3) is 0.200. The lowest BCUT2D eigenvalue weighted by molar-refractivity contribution is -0.118. The zero-order valence-corrected chi connectivity index (χ0v) is 13.3. The number of rotatable bonds is 6. The number of amides is 1. The molecule has 0 saturated heterocycles. The van der Waals surface area contributed by atoms with E-state index >= 15 is 0 Å². The summed E-state index contributed by atoms with van der Waals surface area (Å²) in [7, 11) is 0. The third-order valence-corrected chi connectivity index (χ3v) is 4.44. The molecule has 1 N–H and O–H groups in total. The third kappa shape index (κ3) is 4.98. The third-order valence-electron chi connectivity index (χ3n) is 2.69. The van der Waals surface area contributed by atoms with Gasteiger partial charge >= 0.3 is 0 Å². The molecule has 3 nitrogen and oxygen atoms in total. The van der Waals surface area contributed by atoms with E-state index in [9.17, 15) is 4.79 Å². The highest BCUT2D eigenvalue weighted by molar-refractivity contribution is 9.10. The van der Waals surface area contributed by atoms with Gasteiger partial charge in [-0.05, 0) is 29.3 Å². The van der Waals surface area contributed by atoms with Crippen molar-refractivity contribution >= 4 is 33.6 Å². The monoisotopic (exact) mass is 350 g/mol. The van der Waals surface area contributed by atoms with Gasteiger partial charge in [0, 0.05) is 29.2 Å². The van der Waals surface area contributed by atoms with Crippen LogP contribution in [0.3, 0.4) is 0 Å². The summed E-state index contributed by atoms with van der Waals surface area (Å²) in [6.07, 6.45) is 3.45. The van der Waals surface area contributed by atoms with Gasteiger partial charge in [0.1, 0.15) is 0 Å². The SMILES string of the molecule is O=C(CSCc1ccccc1Br)NCc1ccncc1. The molecular weight excluding hydrogens is 336 g/mol. The normalized spacial score (nSPS) is 10.2. The molecule has 0 aliphatic heterocycles. The van der Waals surface area contributed by atoms with Gasteiger partial charge in [0.2, 0.25) is 5.91 Å². The number of halogens is 1. The number of nitrogens with one attached hydrogen (secondary N) is 1. The molecule has 0 aliphatic rings. The number of thioether (sulfide) groups is 1. The summed E-state index contributed by atoms with van der Waals surface area (Å²) >= 11 is 5.11. The summed E-state index contributed by atoms with van der Waals surface area (Å²) in [5, 5.41) is 2.90. The molecule has 0 radical (unpaired) electrons. The van der Waals surface area contributed by atoms with Gasteiger partial charge in [0.05, 0.1) is 5.75 Å². The lowest BCUT2D eigenvalue weighted by Crippen LogP contribution is -2.24. The van der Waals surface area contributed by atoms with Crippen molar-refractivity contribution in [2.45, 2.75) is 12.3 Å². The molecule has 0 atom stereocenters.